The van der Waals surface area contributed by atoms with Crippen molar-refractivity contribution in [2.75, 3.05) is 0 Å². The molecule has 1 aromatic rings. The van der Waals surface area contributed by atoms with Crippen LogP contribution >= 0.6 is 0 Å². The minimum absolute atomic E-state index is 0.0974. The van der Waals surface area contributed by atoms with Gasteiger partial charge in [-0.05, 0) is 23.3 Å². The summed E-state index contributed by atoms with van der Waals surface area (Å²) in [5, 5.41) is 3.73. The minimum Gasteiger partial charge on any atom is -0.385 e. The van der Waals surface area contributed by atoms with Crippen LogP contribution in [0.3, 0.4) is 0 Å². The van der Waals surface area contributed by atoms with Crippen molar-refractivity contribution >= 4 is 0 Å². The van der Waals surface area contributed by atoms with E-state index in [4.69, 9.17) is 0 Å². The molecule has 1 atom stereocenters. The second kappa shape index (κ2) is 6.68. The molecule has 0 aliphatic carbocycles. The summed E-state index contributed by atoms with van der Waals surface area (Å²) in [6.45, 7) is 20.3. The SMILES string of the molecule is C=C(NC(Cc1ccccc1)C(C)(C)C)C(C)(C)C(C)C. The van der Waals surface area contributed by atoms with Crippen LogP contribution in [0.4, 0.5) is 0 Å². The van der Waals surface area contributed by atoms with Gasteiger partial charge >= 0.3 is 0 Å². The first kappa shape index (κ1) is 17.8. The molecule has 0 bridgehead atoms. The Morgan fingerprint density at radius 3 is 2.00 bits per heavy atom. The van der Waals surface area contributed by atoms with E-state index >= 15 is 0 Å². The zero-order valence-corrected chi connectivity index (χ0v) is 15.0. The lowest BCUT2D eigenvalue weighted by Crippen LogP contribution is -2.45. The maximum atomic E-state index is 4.33. The molecule has 0 heterocycles. The van der Waals surface area contributed by atoms with E-state index in [2.05, 4.69) is 90.7 Å². The zero-order valence-electron chi connectivity index (χ0n) is 15.0. The first-order valence-electron chi connectivity index (χ1n) is 8.05. The van der Waals surface area contributed by atoms with Gasteiger partial charge in [-0.15, -0.1) is 0 Å². The van der Waals surface area contributed by atoms with Crippen LogP contribution in [0.2, 0.25) is 0 Å². The van der Waals surface area contributed by atoms with Crippen molar-refractivity contribution in [3.05, 3.63) is 48.2 Å². The molecule has 0 saturated carbocycles. The van der Waals surface area contributed by atoms with Gasteiger partial charge in [-0.1, -0.05) is 85.4 Å². The number of benzene rings is 1. The van der Waals surface area contributed by atoms with Crippen LogP contribution in [-0.2, 0) is 6.42 Å². The van der Waals surface area contributed by atoms with Crippen molar-refractivity contribution in [1.82, 2.24) is 5.32 Å². The van der Waals surface area contributed by atoms with Gasteiger partial charge in [-0.3, -0.25) is 0 Å². The molecule has 1 aromatic carbocycles. The molecule has 0 fully saturated rings. The van der Waals surface area contributed by atoms with Gasteiger partial charge in [0.25, 0.3) is 0 Å². The summed E-state index contributed by atoms with van der Waals surface area (Å²) in [4.78, 5) is 0. The highest BCUT2D eigenvalue weighted by Crippen LogP contribution is 2.34. The van der Waals surface area contributed by atoms with E-state index in [0.717, 1.165) is 12.1 Å². The van der Waals surface area contributed by atoms with E-state index in [1.165, 1.54) is 5.56 Å². The fraction of sp³-hybridized carbons (Fsp3) is 0.600. The molecule has 0 saturated heterocycles. The number of nitrogens with one attached hydrogen (secondary N) is 1. The molecule has 1 nitrogen and oxygen atoms in total. The number of allylic oxidation sites excluding steroid dienone is 1. The molecule has 0 aromatic heterocycles. The van der Waals surface area contributed by atoms with Crippen LogP contribution in [0.5, 0.6) is 0 Å². The predicted octanol–water partition coefficient (Wildman–Crippen LogP) is 5.43. The van der Waals surface area contributed by atoms with Gasteiger partial charge in [0.1, 0.15) is 0 Å². The molecule has 1 heteroatoms. The predicted molar refractivity (Wildman–Crippen MR) is 94.3 cm³/mol. The molecule has 1 unspecified atom stereocenters. The molecular formula is C20H33N. The van der Waals surface area contributed by atoms with E-state index in [-0.39, 0.29) is 10.8 Å². The Morgan fingerprint density at radius 2 is 1.57 bits per heavy atom. The lowest BCUT2D eigenvalue weighted by Gasteiger charge is -2.39. The summed E-state index contributed by atoms with van der Waals surface area (Å²) < 4.78 is 0. The molecular weight excluding hydrogens is 254 g/mol. The van der Waals surface area contributed by atoms with Crippen molar-refractivity contribution in [3.8, 4) is 0 Å². The fourth-order valence-corrected chi connectivity index (χ4v) is 2.17. The second-order valence-electron chi connectivity index (χ2n) is 8.11. The van der Waals surface area contributed by atoms with Crippen LogP contribution in [-0.4, -0.2) is 6.04 Å². The van der Waals surface area contributed by atoms with E-state index in [9.17, 15) is 0 Å². The van der Waals surface area contributed by atoms with Gasteiger partial charge in [0.15, 0.2) is 0 Å². The first-order valence-corrected chi connectivity index (χ1v) is 8.05. The van der Waals surface area contributed by atoms with E-state index in [1.807, 2.05) is 0 Å². The van der Waals surface area contributed by atoms with E-state index in [0.29, 0.717) is 12.0 Å². The molecule has 0 radical (unpaired) electrons. The second-order valence-corrected chi connectivity index (χ2v) is 8.11. The molecule has 118 valence electrons. The van der Waals surface area contributed by atoms with Gasteiger partial charge in [0.05, 0.1) is 0 Å². The topological polar surface area (TPSA) is 12.0 Å². The van der Waals surface area contributed by atoms with E-state index < -0.39 is 0 Å². The number of hydrogen-bond donors (Lipinski definition) is 1. The van der Waals surface area contributed by atoms with Crippen molar-refractivity contribution < 1.29 is 0 Å². The number of hydrogen-bond acceptors (Lipinski definition) is 1. The van der Waals surface area contributed by atoms with E-state index in [1.54, 1.807) is 0 Å². The van der Waals surface area contributed by atoms with Crippen molar-refractivity contribution in [2.45, 2.75) is 60.9 Å². The van der Waals surface area contributed by atoms with Crippen molar-refractivity contribution in [2.24, 2.45) is 16.7 Å². The Morgan fingerprint density at radius 1 is 1.05 bits per heavy atom. The highest BCUT2D eigenvalue weighted by Gasteiger charge is 2.31. The molecule has 0 spiro atoms. The monoisotopic (exact) mass is 287 g/mol. The smallest absolute Gasteiger partial charge is 0.0346 e. The first-order chi connectivity index (χ1) is 9.55. The normalized spacial score (nSPS) is 14.1. The highest BCUT2D eigenvalue weighted by molar-refractivity contribution is 5.18. The third kappa shape index (κ3) is 4.91. The van der Waals surface area contributed by atoms with Crippen LogP contribution < -0.4 is 5.32 Å². The quantitative estimate of drug-likeness (QED) is 0.735. The maximum absolute atomic E-state index is 4.33. The lowest BCUT2D eigenvalue weighted by atomic mass is 9.76. The number of rotatable bonds is 6. The summed E-state index contributed by atoms with van der Waals surface area (Å²) in [5.41, 5.74) is 2.81. The molecule has 0 amide bonds. The van der Waals surface area contributed by atoms with Gasteiger partial charge in [-0.25, -0.2) is 0 Å². The lowest BCUT2D eigenvalue weighted by molar-refractivity contribution is 0.234. The Kier molecular flexibility index (Phi) is 5.67. The Balaban J connectivity index is 2.88. The average molecular weight is 287 g/mol. The molecule has 1 rings (SSSR count). The van der Waals surface area contributed by atoms with Crippen molar-refractivity contribution in [1.29, 1.82) is 0 Å². The summed E-state index contributed by atoms with van der Waals surface area (Å²) in [5.74, 6) is 0.565. The maximum Gasteiger partial charge on any atom is 0.0346 e. The largest absolute Gasteiger partial charge is 0.385 e. The Hall–Kier alpha value is -1.24. The Bertz CT molecular complexity index is 448. The minimum atomic E-state index is 0.0974. The van der Waals surface area contributed by atoms with Crippen LogP contribution in [0.25, 0.3) is 0 Å². The van der Waals surface area contributed by atoms with Crippen LogP contribution in [0.1, 0.15) is 54.0 Å². The molecule has 0 aliphatic rings. The summed E-state index contributed by atoms with van der Waals surface area (Å²) in [7, 11) is 0. The molecule has 0 aliphatic heterocycles. The van der Waals surface area contributed by atoms with Gasteiger partial charge in [0.2, 0.25) is 0 Å². The average Bonchev–Trinajstić information content (AvgIpc) is 2.37. The van der Waals surface area contributed by atoms with Gasteiger partial charge in [-0.2, -0.15) is 0 Å². The third-order valence-electron chi connectivity index (χ3n) is 4.90. The summed E-state index contributed by atoms with van der Waals surface area (Å²) in [6, 6.07) is 11.1. The summed E-state index contributed by atoms with van der Waals surface area (Å²) in [6.07, 6.45) is 1.03. The fourth-order valence-electron chi connectivity index (χ4n) is 2.17. The van der Waals surface area contributed by atoms with Crippen molar-refractivity contribution in [3.63, 3.8) is 0 Å². The van der Waals surface area contributed by atoms with Gasteiger partial charge in [0, 0.05) is 17.2 Å². The van der Waals surface area contributed by atoms with Gasteiger partial charge < -0.3 is 5.32 Å². The highest BCUT2D eigenvalue weighted by atomic mass is 15.0. The Labute approximate surface area is 131 Å². The van der Waals surface area contributed by atoms with Crippen LogP contribution in [0.15, 0.2) is 42.6 Å². The molecule has 21 heavy (non-hydrogen) atoms. The summed E-state index contributed by atoms with van der Waals surface area (Å²) >= 11 is 0. The molecule has 1 N–H and O–H groups in total. The van der Waals surface area contributed by atoms with Crippen LogP contribution in [0, 0.1) is 16.7 Å². The standard InChI is InChI=1S/C20H33N/c1-15(2)20(7,8)16(3)21-18(19(4,5)6)14-17-12-10-9-11-13-17/h9-13,15,18,21H,3,14H2,1-2,4-8H3. The third-order valence-corrected chi connectivity index (χ3v) is 4.90. The zero-order chi connectivity index (χ0) is 16.3.